The third kappa shape index (κ3) is 3.75. The maximum absolute atomic E-state index is 12.9. The molecule has 26 heavy (non-hydrogen) atoms. The van der Waals surface area contributed by atoms with Crippen LogP contribution >= 0.6 is 11.6 Å². The number of aliphatic hydroxyl groups is 1. The molecule has 0 aromatic heterocycles. The zero-order valence-corrected chi connectivity index (χ0v) is 16.1. The topological polar surface area (TPSA) is 87.7 Å². The van der Waals surface area contributed by atoms with Crippen molar-refractivity contribution in [2.45, 2.75) is 43.9 Å². The molecular weight excluding hydrogens is 376 g/mol. The molecule has 3 rings (SSSR count). The summed E-state index contributed by atoms with van der Waals surface area (Å²) in [5, 5.41) is 13.1. The Kier molecular flexibility index (Phi) is 5.32. The molecule has 2 aromatic rings. The number of fused-ring (bicyclic) bond motifs is 1. The van der Waals surface area contributed by atoms with E-state index in [0.29, 0.717) is 17.8 Å². The van der Waals surface area contributed by atoms with Crippen molar-refractivity contribution >= 4 is 33.0 Å². The number of aryl methyl sites for hydroxylation is 1. The van der Waals surface area contributed by atoms with E-state index in [-0.39, 0.29) is 15.7 Å². The van der Waals surface area contributed by atoms with Crippen LogP contribution in [0.4, 0.5) is 11.4 Å². The molecule has 140 valence electrons. The summed E-state index contributed by atoms with van der Waals surface area (Å²) >= 11 is 6.08. The molecule has 0 radical (unpaired) electrons. The van der Waals surface area contributed by atoms with Gasteiger partial charge in [-0.2, -0.15) is 0 Å². The van der Waals surface area contributed by atoms with Crippen molar-refractivity contribution in [3.63, 3.8) is 0 Å². The van der Waals surface area contributed by atoms with Gasteiger partial charge < -0.3 is 15.2 Å². The molecule has 8 heteroatoms. The number of hydrogen-bond donors (Lipinski definition) is 3. The number of hydrogen-bond acceptors (Lipinski definition) is 5. The smallest absolute Gasteiger partial charge is 0.265 e. The first kappa shape index (κ1) is 18.8. The second-order valence-corrected chi connectivity index (χ2v) is 8.18. The van der Waals surface area contributed by atoms with Gasteiger partial charge in [0.05, 0.1) is 5.69 Å². The van der Waals surface area contributed by atoms with E-state index in [1.807, 2.05) is 26.0 Å². The van der Waals surface area contributed by atoms with Gasteiger partial charge in [0.25, 0.3) is 10.0 Å². The van der Waals surface area contributed by atoms with E-state index in [0.717, 1.165) is 12.0 Å². The fourth-order valence-corrected chi connectivity index (χ4v) is 4.31. The number of nitrogens with one attached hydrogen (secondary N) is 2. The molecule has 0 aliphatic carbocycles. The summed E-state index contributed by atoms with van der Waals surface area (Å²) in [4.78, 5) is -0.0718. The average Bonchev–Trinajstić information content (AvgIpc) is 2.60. The minimum Gasteiger partial charge on any atom is -0.482 e. The summed E-state index contributed by atoms with van der Waals surface area (Å²) in [6, 6.07) is 10.0. The van der Waals surface area contributed by atoms with Crippen LogP contribution < -0.4 is 14.8 Å². The van der Waals surface area contributed by atoms with E-state index in [1.54, 1.807) is 12.1 Å². The van der Waals surface area contributed by atoms with Crippen LogP contribution in [-0.2, 0) is 16.4 Å². The molecule has 0 amide bonds. The largest absolute Gasteiger partial charge is 0.482 e. The van der Waals surface area contributed by atoms with Gasteiger partial charge in [0.1, 0.15) is 11.0 Å². The minimum atomic E-state index is -3.93. The van der Waals surface area contributed by atoms with Crippen LogP contribution in [0, 0.1) is 0 Å². The SMILES string of the molecule is CCc1ccc(NS(=O)(=O)c2cc(Cl)cc3c2OC(CC)C(O)N3)cc1. The van der Waals surface area contributed by atoms with E-state index in [4.69, 9.17) is 16.3 Å². The molecule has 6 nitrogen and oxygen atoms in total. The van der Waals surface area contributed by atoms with Crippen LogP contribution in [0.1, 0.15) is 25.8 Å². The predicted molar refractivity (Wildman–Crippen MR) is 102 cm³/mol. The van der Waals surface area contributed by atoms with Gasteiger partial charge in [-0.3, -0.25) is 4.72 Å². The van der Waals surface area contributed by atoms with Gasteiger partial charge in [0.2, 0.25) is 0 Å². The number of anilines is 2. The Hall–Kier alpha value is -1.96. The molecule has 3 N–H and O–H groups in total. The minimum absolute atomic E-state index is 0.0718. The van der Waals surface area contributed by atoms with E-state index in [9.17, 15) is 13.5 Å². The van der Waals surface area contributed by atoms with Crippen LogP contribution in [0.25, 0.3) is 0 Å². The van der Waals surface area contributed by atoms with Crippen molar-refractivity contribution in [2.75, 3.05) is 10.0 Å². The highest BCUT2D eigenvalue weighted by Crippen LogP contribution is 2.40. The number of halogens is 1. The highest BCUT2D eigenvalue weighted by Gasteiger charge is 2.32. The molecule has 2 atom stereocenters. The first-order valence-electron chi connectivity index (χ1n) is 8.40. The Balaban J connectivity index is 1.99. The summed E-state index contributed by atoms with van der Waals surface area (Å²) in [6.45, 7) is 3.87. The van der Waals surface area contributed by atoms with Gasteiger partial charge in [-0.25, -0.2) is 8.42 Å². The third-order valence-corrected chi connectivity index (χ3v) is 5.86. The second kappa shape index (κ2) is 7.34. The third-order valence-electron chi connectivity index (χ3n) is 4.25. The van der Waals surface area contributed by atoms with Crippen LogP contribution in [0.2, 0.25) is 5.02 Å². The molecule has 1 aliphatic rings. The summed E-state index contributed by atoms with van der Waals surface area (Å²) in [7, 11) is -3.93. The van der Waals surface area contributed by atoms with Crippen LogP contribution in [0.3, 0.4) is 0 Å². The number of aliphatic hydroxyl groups excluding tert-OH is 1. The fraction of sp³-hybridized carbons (Fsp3) is 0.333. The number of rotatable bonds is 5. The lowest BCUT2D eigenvalue weighted by Crippen LogP contribution is -2.41. The number of ether oxygens (including phenoxy) is 1. The quantitative estimate of drug-likeness (QED) is 0.718. The van der Waals surface area contributed by atoms with Crippen molar-refractivity contribution in [1.29, 1.82) is 0 Å². The molecule has 1 heterocycles. The van der Waals surface area contributed by atoms with Gasteiger partial charge in [-0.15, -0.1) is 0 Å². The molecule has 2 aromatic carbocycles. The lowest BCUT2D eigenvalue weighted by molar-refractivity contribution is 0.0408. The van der Waals surface area contributed by atoms with Gasteiger partial charge >= 0.3 is 0 Å². The number of benzene rings is 2. The Bertz CT molecular complexity index is 900. The second-order valence-electron chi connectivity index (χ2n) is 6.09. The maximum Gasteiger partial charge on any atom is 0.265 e. The Labute approximate surface area is 158 Å². The van der Waals surface area contributed by atoms with Gasteiger partial charge in [0, 0.05) is 10.7 Å². The van der Waals surface area contributed by atoms with E-state index >= 15 is 0 Å². The van der Waals surface area contributed by atoms with Gasteiger partial charge in [0.15, 0.2) is 12.0 Å². The molecule has 2 unspecified atom stereocenters. The van der Waals surface area contributed by atoms with E-state index in [2.05, 4.69) is 10.0 Å². The summed E-state index contributed by atoms with van der Waals surface area (Å²) < 4.78 is 34.1. The lowest BCUT2D eigenvalue weighted by atomic mass is 10.1. The first-order chi connectivity index (χ1) is 12.3. The van der Waals surface area contributed by atoms with Crippen LogP contribution in [-0.4, -0.2) is 25.9 Å². The Morgan fingerprint density at radius 3 is 2.54 bits per heavy atom. The summed E-state index contributed by atoms with van der Waals surface area (Å²) in [6.07, 6.45) is -0.103. The lowest BCUT2D eigenvalue weighted by Gasteiger charge is -2.32. The van der Waals surface area contributed by atoms with Crippen molar-refractivity contribution in [3.05, 3.63) is 47.0 Å². The zero-order chi connectivity index (χ0) is 18.9. The van der Waals surface area contributed by atoms with Crippen molar-refractivity contribution in [3.8, 4) is 5.75 Å². The average molecular weight is 397 g/mol. The summed E-state index contributed by atoms with van der Waals surface area (Å²) in [5.74, 6) is 0.157. The Morgan fingerprint density at radius 1 is 1.23 bits per heavy atom. The van der Waals surface area contributed by atoms with Crippen LogP contribution in [0.15, 0.2) is 41.3 Å². The van der Waals surface area contributed by atoms with Crippen molar-refractivity contribution < 1.29 is 18.3 Å². The molecule has 0 bridgehead atoms. The van der Waals surface area contributed by atoms with Crippen molar-refractivity contribution in [1.82, 2.24) is 0 Å². The predicted octanol–water partition coefficient (Wildman–Crippen LogP) is 3.60. The highest BCUT2D eigenvalue weighted by atomic mass is 35.5. The number of sulfonamides is 1. The molecule has 0 spiro atoms. The van der Waals surface area contributed by atoms with Crippen LogP contribution in [0.5, 0.6) is 5.75 Å². The monoisotopic (exact) mass is 396 g/mol. The maximum atomic E-state index is 12.9. The first-order valence-corrected chi connectivity index (χ1v) is 10.3. The van der Waals surface area contributed by atoms with E-state index < -0.39 is 22.4 Å². The molecular formula is C18H21ClN2O4S. The fourth-order valence-electron chi connectivity index (χ4n) is 2.79. The summed E-state index contributed by atoms with van der Waals surface area (Å²) in [5.41, 5.74) is 1.91. The standard InChI is InChI=1S/C18H21ClN2O4S/c1-3-11-5-7-13(8-6-11)21-26(23,24)16-10-12(19)9-14-17(16)25-15(4-2)18(22)20-14/h5-10,15,18,20-22H,3-4H2,1-2H3. The molecule has 0 saturated heterocycles. The normalized spacial score (nSPS) is 19.2. The van der Waals surface area contributed by atoms with Gasteiger partial charge in [-0.1, -0.05) is 37.6 Å². The van der Waals surface area contributed by atoms with Gasteiger partial charge in [-0.05, 0) is 42.7 Å². The molecule has 0 fully saturated rings. The highest BCUT2D eigenvalue weighted by molar-refractivity contribution is 7.92. The molecule has 0 saturated carbocycles. The zero-order valence-electron chi connectivity index (χ0n) is 14.5. The van der Waals surface area contributed by atoms with E-state index in [1.165, 1.54) is 12.1 Å². The molecule has 1 aliphatic heterocycles. The van der Waals surface area contributed by atoms with Crippen molar-refractivity contribution in [2.24, 2.45) is 0 Å². The Morgan fingerprint density at radius 2 is 1.92 bits per heavy atom.